The summed E-state index contributed by atoms with van der Waals surface area (Å²) in [5.74, 6) is 0. The van der Waals surface area contributed by atoms with E-state index in [1.54, 1.807) is 0 Å². The van der Waals surface area contributed by atoms with Crippen LogP contribution in [-0.4, -0.2) is 9.79 Å². The Balaban J connectivity index is 2.46. The summed E-state index contributed by atoms with van der Waals surface area (Å²) >= 11 is 0. The van der Waals surface area contributed by atoms with Crippen molar-refractivity contribution in [3.8, 4) is 0 Å². The molecule has 3 aromatic rings. The lowest BCUT2D eigenvalue weighted by atomic mass is 9.99. The minimum atomic E-state index is -4.31. The fraction of sp³-hybridized carbons (Fsp3) is 0.176. The van der Waals surface area contributed by atoms with E-state index in [2.05, 4.69) is 0 Å². The van der Waals surface area contributed by atoms with Crippen LogP contribution in [-0.2, 0) is 11.0 Å². The molecule has 4 heteroatoms. The molecule has 0 amide bonds. The van der Waals surface area contributed by atoms with Gasteiger partial charge >= 0.3 is 7.60 Å². The van der Waals surface area contributed by atoms with E-state index in [1.807, 2.05) is 55.5 Å². The van der Waals surface area contributed by atoms with Crippen LogP contribution in [0.5, 0.6) is 0 Å². The van der Waals surface area contributed by atoms with Gasteiger partial charge in [0.1, 0.15) is 0 Å². The standard InChI is InChI=1S/C17H17O3P/c1-2-5-13-9-10-15-14-7-4-3-6-12(14)8-11-16(15)17(13)21(18,19)20/h3-4,6-11H,2,5H2,1H3,(H2,18,19,20). The minimum Gasteiger partial charge on any atom is -0.321 e. The minimum absolute atomic E-state index is 0.188. The van der Waals surface area contributed by atoms with E-state index in [0.29, 0.717) is 11.8 Å². The monoisotopic (exact) mass is 300 g/mol. The number of aryl methyl sites for hydroxylation is 1. The quantitative estimate of drug-likeness (QED) is 0.572. The summed E-state index contributed by atoms with van der Waals surface area (Å²) in [4.78, 5) is 19.6. The van der Waals surface area contributed by atoms with Gasteiger partial charge in [0, 0.05) is 0 Å². The average Bonchev–Trinajstić information content (AvgIpc) is 2.45. The highest BCUT2D eigenvalue weighted by atomic mass is 31.2. The van der Waals surface area contributed by atoms with Gasteiger partial charge in [-0.25, -0.2) is 0 Å². The zero-order valence-corrected chi connectivity index (χ0v) is 12.7. The average molecular weight is 300 g/mol. The summed E-state index contributed by atoms with van der Waals surface area (Å²) in [6, 6.07) is 15.5. The van der Waals surface area contributed by atoms with Gasteiger partial charge in [-0.05, 0) is 33.5 Å². The second kappa shape index (κ2) is 5.27. The van der Waals surface area contributed by atoms with Gasteiger partial charge in [0.05, 0.1) is 5.30 Å². The number of hydrogen-bond donors (Lipinski definition) is 2. The molecule has 0 fully saturated rings. The zero-order chi connectivity index (χ0) is 15.0. The van der Waals surface area contributed by atoms with Gasteiger partial charge in [-0.1, -0.05) is 61.9 Å². The molecule has 0 bridgehead atoms. The van der Waals surface area contributed by atoms with Crippen LogP contribution in [0.2, 0.25) is 0 Å². The molecule has 0 spiro atoms. The molecule has 0 saturated carbocycles. The van der Waals surface area contributed by atoms with Crippen molar-refractivity contribution in [1.29, 1.82) is 0 Å². The van der Waals surface area contributed by atoms with E-state index < -0.39 is 7.60 Å². The Labute approximate surface area is 123 Å². The molecule has 0 aliphatic carbocycles. The van der Waals surface area contributed by atoms with Crippen LogP contribution >= 0.6 is 7.60 Å². The Morgan fingerprint density at radius 3 is 2.33 bits per heavy atom. The van der Waals surface area contributed by atoms with Gasteiger partial charge < -0.3 is 9.79 Å². The Kier molecular flexibility index (Phi) is 3.58. The highest BCUT2D eigenvalue weighted by molar-refractivity contribution is 7.61. The third kappa shape index (κ3) is 2.49. The highest BCUT2D eigenvalue weighted by Crippen LogP contribution is 2.39. The predicted molar refractivity (Wildman–Crippen MR) is 87.1 cm³/mol. The third-order valence-corrected chi connectivity index (χ3v) is 4.90. The van der Waals surface area contributed by atoms with E-state index in [9.17, 15) is 14.4 Å². The van der Waals surface area contributed by atoms with E-state index in [-0.39, 0.29) is 5.30 Å². The van der Waals surface area contributed by atoms with E-state index in [0.717, 1.165) is 28.1 Å². The van der Waals surface area contributed by atoms with Crippen LogP contribution in [0.1, 0.15) is 18.9 Å². The fourth-order valence-electron chi connectivity index (χ4n) is 2.93. The first-order chi connectivity index (χ1) is 10.0. The summed E-state index contributed by atoms with van der Waals surface area (Å²) in [7, 11) is -4.31. The SMILES string of the molecule is CCCc1ccc2c(ccc3ccccc32)c1P(=O)(O)O. The number of fused-ring (bicyclic) bond motifs is 3. The predicted octanol–water partition coefficient (Wildman–Crippen LogP) is 3.75. The molecule has 0 aliphatic rings. The maximum atomic E-state index is 12.0. The summed E-state index contributed by atoms with van der Waals surface area (Å²) in [5.41, 5.74) is 0.744. The molecule has 0 atom stereocenters. The van der Waals surface area contributed by atoms with Crippen LogP contribution in [0.15, 0.2) is 48.5 Å². The fourth-order valence-corrected chi connectivity index (χ4v) is 4.00. The first kappa shape index (κ1) is 14.3. The molecule has 0 saturated heterocycles. The molecule has 21 heavy (non-hydrogen) atoms. The van der Waals surface area contributed by atoms with Crippen molar-refractivity contribution in [1.82, 2.24) is 0 Å². The second-order valence-electron chi connectivity index (χ2n) is 5.25. The van der Waals surface area contributed by atoms with Crippen molar-refractivity contribution < 1.29 is 14.4 Å². The molecule has 108 valence electrons. The zero-order valence-electron chi connectivity index (χ0n) is 11.8. The summed E-state index contributed by atoms with van der Waals surface area (Å²) in [6.45, 7) is 2.01. The van der Waals surface area contributed by atoms with Gasteiger partial charge in [-0.15, -0.1) is 0 Å². The van der Waals surface area contributed by atoms with Gasteiger partial charge in [-0.3, -0.25) is 4.57 Å². The first-order valence-electron chi connectivity index (χ1n) is 7.02. The molecule has 0 aromatic heterocycles. The topological polar surface area (TPSA) is 57.5 Å². The number of rotatable bonds is 3. The van der Waals surface area contributed by atoms with Crippen LogP contribution in [0.4, 0.5) is 0 Å². The smallest absolute Gasteiger partial charge is 0.321 e. The van der Waals surface area contributed by atoms with Crippen molar-refractivity contribution in [3.63, 3.8) is 0 Å². The molecule has 3 rings (SSSR count). The summed E-state index contributed by atoms with van der Waals surface area (Å²) < 4.78 is 12.0. The molecule has 2 N–H and O–H groups in total. The normalized spacial score (nSPS) is 12.1. The van der Waals surface area contributed by atoms with Crippen LogP contribution < -0.4 is 5.30 Å². The Morgan fingerprint density at radius 2 is 1.62 bits per heavy atom. The van der Waals surface area contributed by atoms with Gasteiger partial charge in [0.15, 0.2) is 0 Å². The molecule has 3 aromatic carbocycles. The third-order valence-electron chi connectivity index (χ3n) is 3.79. The van der Waals surface area contributed by atoms with Crippen LogP contribution in [0.3, 0.4) is 0 Å². The Morgan fingerprint density at radius 1 is 0.905 bits per heavy atom. The largest absolute Gasteiger partial charge is 0.357 e. The molecule has 0 heterocycles. The lowest BCUT2D eigenvalue weighted by Crippen LogP contribution is -2.12. The maximum absolute atomic E-state index is 12.0. The van der Waals surface area contributed by atoms with Crippen LogP contribution in [0, 0.1) is 0 Å². The number of hydrogen-bond acceptors (Lipinski definition) is 1. The van der Waals surface area contributed by atoms with E-state index >= 15 is 0 Å². The van der Waals surface area contributed by atoms with Gasteiger partial charge in [0.2, 0.25) is 0 Å². The lowest BCUT2D eigenvalue weighted by Gasteiger charge is -2.15. The summed E-state index contributed by atoms with van der Waals surface area (Å²) in [5, 5.41) is 3.84. The number of benzene rings is 3. The van der Waals surface area contributed by atoms with Crippen LogP contribution in [0.25, 0.3) is 21.5 Å². The van der Waals surface area contributed by atoms with Gasteiger partial charge in [-0.2, -0.15) is 0 Å². The molecule has 0 aliphatic heterocycles. The van der Waals surface area contributed by atoms with Gasteiger partial charge in [0.25, 0.3) is 0 Å². The highest BCUT2D eigenvalue weighted by Gasteiger charge is 2.24. The molecule has 0 radical (unpaired) electrons. The molecule has 0 unspecified atom stereocenters. The van der Waals surface area contributed by atoms with Crippen molar-refractivity contribution in [2.24, 2.45) is 0 Å². The van der Waals surface area contributed by atoms with E-state index in [1.165, 1.54) is 0 Å². The maximum Gasteiger partial charge on any atom is 0.357 e. The van der Waals surface area contributed by atoms with E-state index in [4.69, 9.17) is 0 Å². The van der Waals surface area contributed by atoms with Crippen molar-refractivity contribution in [2.45, 2.75) is 19.8 Å². The Hall–Kier alpha value is -1.67. The second-order valence-corrected chi connectivity index (χ2v) is 6.78. The van der Waals surface area contributed by atoms with Crippen molar-refractivity contribution in [3.05, 3.63) is 54.1 Å². The first-order valence-corrected chi connectivity index (χ1v) is 8.63. The van der Waals surface area contributed by atoms with Crippen molar-refractivity contribution in [2.75, 3.05) is 0 Å². The molecular weight excluding hydrogens is 283 g/mol. The lowest BCUT2D eigenvalue weighted by molar-refractivity contribution is 0.387. The van der Waals surface area contributed by atoms with Crippen molar-refractivity contribution >= 4 is 34.4 Å². The molecule has 3 nitrogen and oxygen atoms in total. The Bertz CT molecular complexity index is 864. The summed E-state index contributed by atoms with van der Waals surface area (Å²) in [6.07, 6.45) is 1.52. The molecular formula is C17H17O3P.